The highest BCUT2D eigenvalue weighted by atomic mass is 79.9. The van der Waals surface area contributed by atoms with Crippen LogP contribution in [0, 0.1) is 0 Å². The van der Waals surface area contributed by atoms with Crippen molar-refractivity contribution in [3.63, 3.8) is 0 Å². The minimum Gasteiger partial charge on any atom is -0.349 e. The Kier molecular flexibility index (Phi) is 5.00. The van der Waals surface area contributed by atoms with Crippen LogP contribution < -0.4 is 10.2 Å². The van der Waals surface area contributed by atoms with Gasteiger partial charge in [-0.05, 0) is 31.0 Å². The lowest BCUT2D eigenvalue weighted by molar-refractivity contribution is 0.0931. The van der Waals surface area contributed by atoms with E-state index in [0.29, 0.717) is 10.6 Å². The smallest absolute Gasteiger partial charge is 0.253 e. The molecule has 1 N–H and O–H groups in total. The molecule has 1 aliphatic rings. The Bertz CT molecular complexity index is 657. The fourth-order valence-electron chi connectivity index (χ4n) is 2.52. The Labute approximate surface area is 146 Å². The summed E-state index contributed by atoms with van der Waals surface area (Å²) >= 11 is 11.1. The van der Waals surface area contributed by atoms with Crippen molar-refractivity contribution >= 4 is 49.9 Å². The predicted molar refractivity (Wildman–Crippen MR) is 94.0 cm³/mol. The summed E-state index contributed by atoms with van der Waals surface area (Å²) in [5.41, 5.74) is 0.512. The van der Waals surface area contributed by atoms with E-state index < -0.39 is 0 Å². The number of rotatable bonds is 3. The van der Waals surface area contributed by atoms with Crippen LogP contribution in [0.15, 0.2) is 34.2 Å². The maximum Gasteiger partial charge on any atom is 0.253 e. The molecule has 1 aliphatic heterocycles. The molecule has 0 bridgehead atoms. The van der Waals surface area contributed by atoms with Crippen LogP contribution in [0.5, 0.6) is 0 Å². The van der Waals surface area contributed by atoms with Crippen molar-refractivity contribution in [2.75, 3.05) is 18.0 Å². The first-order valence-electron chi connectivity index (χ1n) is 7.04. The average molecular weight is 401 g/mol. The van der Waals surface area contributed by atoms with Crippen LogP contribution in [-0.2, 0) is 0 Å². The first-order chi connectivity index (χ1) is 10.6. The van der Waals surface area contributed by atoms with Crippen molar-refractivity contribution in [1.29, 1.82) is 0 Å². The summed E-state index contributed by atoms with van der Waals surface area (Å²) in [7, 11) is 0. The molecule has 0 atom stereocenters. The van der Waals surface area contributed by atoms with Gasteiger partial charge in [0.25, 0.3) is 5.91 Å². The molecule has 0 spiro atoms. The zero-order valence-corrected chi connectivity index (χ0v) is 14.9. The zero-order valence-electron chi connectivity index (χ0n) is 11.8. The lowest BCUT2D eigenvalue weighted by atomic mass is 10.0. The molecule has 0 radical (unpaired) electrons. The number of nitrogens with zero attached hydrogens (tertiary/aromatic N) is 2. The highest BCUT2D eigenvalue weighted by Crippen LogP contribution is 2.24. The molecule has 1 aromatic carbocycles. The van der Waals surface area contributed by atoms with Crippen molar-refractivity contribution < 1.29 is 4.79 Å². The quantitative estimate of drug-likeness (QED) is 0.848. The van der Waals surface area contributed by atoms with E-state index in [1.54, 1.807) is 23.5 Å². The van der Waals surface area contributed by atoms with Crippen LogP contribution in [0.3, 0.4) is 0 Å². The van der Waals surface area contributed by atoms with Gasteiger partial charge in [-0.15, -0.1) is 11.3 Å². The van der Waals surface area contributed by atoms with E-state index >= 15 is 0 Å². The van der Waals surface area contributed by atoms with Crippen molar-refractivity contribution in [2.24, 2.45) is 0 Å². The number of carbonyl (C=O) groups excluding carboxylic acids is 1. The molecule has 1 fully saturated rings. The molecule has 1 aromatic heterocycles. The molecule has 1 saturated heterocycles. The van der Waals surface area contributed by atoms with E-state index in [4.69, 9.17) is 11.6 Å². The van der Waals surface area contributed by atoms with Crippen LogP contribution >= 0.6 is 38.9 Å². The minimum atomic E-state index is -0.112. The van der Waals surface area contributed by atoms with Gasteiger partial charge in [0.1, 0.15) is 0 Å². The first kappa shape index (κ1) is 15.8. The Morgan fingerprint density at radius 3 is 2.86 bits per heavy atom. The van der Waals surface area contributed by atoms with E-state index in [1.165, 1.54) is 0 Å². The molecule has 2 heterocycles. The topological polar surface area (TPSA) is 45.2 Å². The van der Waals surface area contributed by atoms with E-state index in [0.717, 1.165) is 35.5 Å². The van der Waals surface area contributed by atoms with Gasteiger partial charge in [0.15, 0.2) is 5.13 Å². The number of amides is 1. The molecule has 7 heteroatoms. The summed E-state index contributed by atoms with van der Waals surface area (Å²) in [4.78, 5) is 18.9. The minimum absolute atomic E-state index is 0.112. The van der Waals surface area contributed by atoms with Crippen molar-refractivity contribution in [3.8, 4) is 0 Å². The summed E-state index contributed by atoms with van der Waals surface area (Å²) in [6, 6.07) is 5.48. The molecular weight excluding hydrogens is 386 g/mol. The van der Waals surface area contributed by atoms with E-state index in [2.05, 4.69) is 31.1 Å². The second-order valence-electron chi connectivity index (χ2n) is 5.17. The molecule has 4 nitrogen and oxygen atoms in total. The van der Waals surface area contributed by atoms with Gasteiger partial charge in [-0.1, -0.05) is 27.5 Å². The zero-order chi connectivity index (χ0) is 15.5. The highest BCUT2D eigenvalue weighted by molar-refractivity contribution is 9.10. The maximum atomic E-state index is 12.4. The molecule has 2 aromatic rings. The normalized spacial score (nSPS) is 15.8. The third kappa shape index (κ3) is 3.62. The number of benzene rings is 1. The van der Waals surface area contributed by atoms with E-state index in [1.807, 2.05) is 17.6 Å². The number of thiazole rings is 1. The van der Waals surface area contributed by atoms with Crippen LogP contribution in [0.2, 0.25) is 5.02 Å². The summed E-state index contributed by atoms with van der Waals surface area (Å²) in [5.74, 6) is -0.112. The Hall–Kier alpha value is -1.11. The third-order valence-electron chi connectivity index (χ3n) is 3.69. The number of nitrogens with one attached hydrogen (secondary N) is 1. The predicted octanol–water partition coefficient (Wildman–Crippen LogP) is 3.96. The van der Waals surface area contributed by atoms with E-state index in [9.17, 15) is 4.79 Å². The summed E-state index contributed by atoms with van der Waals surface area (Å²) in [6.45, 7) is 1.81. The second kappa shape index (κ2) is 6.98. The Morgan fingerprint density at radius 2 is 2.18 bits per heavy atom. The van der Waals surface area contributed by atoms with E-state index in [-0.39, 0.29) is 11.9 Å². The third-order valence-corrected chi connectivity index (χ3v) is 5.35. The highest BCUT2D eigenvalue weighted by Gasteiger charge is 2.23. The summed E-state index contributed by atoms with van der Waals surface area (Å²) in [5, 5.41) is 6.59. The average Bonchev–Trinajstić information content (AvgIpc) is 3.05. The summed E-state index contributed by atoms with van der Waals surface area (Å²) in [6.07, 6.45) is 3.65. The standard InChI is InChI=1S/C15H15BrClN3OS/c16-10-1-2-13(17)12(9-10)14(21)19-11-3-6-20(7-4-11)15-18-5-8-22-15/h1-2,5,8-9,11H,3-4,6-7H2,(H,19,21). The molecular formula is C15H15BrClN3OS. The number of hydrogen-bond donors (Lipinski definition) is 1. The first-order valence-corrected chi connectivity index (χ1v) is 9.09. The van der Waals surface area contributed by atoms with Crippen LogP contribution in [0.4, 0.5) is 5.13 Å². The molecule has 0 saturated carbocycles. The van der Waals surface area contributed by atoms with Gasteiger partial charge in [-0.25, -0.2) is 4.98 Å². The van der Waals surface area contributed by atoms with Crippen LogP contribution in [0.1, 0.15) is 23.2 Å². The number of piperidine rings is 1. The molecule has 22 heavy (non-hydrogen) atoms. The van der Waals surface area contributed by atoms with Gasteiger partial charge in [0.2, 0.25) is 0 Å². The fraction of sp³-hybridized carbons (Fsp3) is 0.333. The molecule has 0 aliphatic carbocycles. The summed E-state index contributed by atoms with van der Waals surface area (Å²) < 4.78 is 0.848. The Balaban J connectivity index is 1.58. The van der Waals surface area contributed by atoms with Gasteiger partial charge in [0, 0.05) is 35.2 Å². The largest absolute Gasteiger partial charge is 0.349 e. The lowest BCUT2D eigenvalue weighted by Crippen LogP contribution is -2.44. The molecule has 1 amide bonds. The fourth-order valence-corrected chi connectivity index (χ4v) is 3.78. The van der Waals surface area contributed by atoms with Gasteiger partial charge in [0.05, 0.1) is 10.6 Å². The maximum absolute atomic E-state index is 12.4. The van der Waals surface area contributed by atoms with Gasteiger partial charge < -0.3 is 10.2 Å². The molecule has 3 rings (SSSR count). The SMILES string of the molecule is O=C(NC1CCN(c2nccs2)CC1)c1cc(Br)ccc1Cl. The number of aromatic nitrogens is 1. The number of hydrogen-bond acceptors (Lipinski definition) is 4. The van der Waals surface area contributed by atoms with Gasteiger partial charge >= 0.3 is 0 Å². The van der Waals surface area contributed by atoms with Gasteiger partial charge in [-0.2, -0.15) is 0 Å². The van der Waals surface area contributed by atoms with Crippen molar-refractivity contribution in [2.45, 2.75) is 18.9 Å². The number of anilines is 1. The number of carbonyl (C=O) groups is 1. The molecule has 116 valence electrons. The van der Waals surface area contributed by atoms with Crippen LogP contribution in [-0.4, -0.2) is 30.0 Å². The monoisotopic (exact) mass is 399 g/mol. The van der Waals surface area contributed by atoms with Crippen molar-refractivity contribution in [3.05, 3.63) is 44.8 Å². The molecule has 0 unspecified atom stereocenters. The van der Waals surface area contributed by atoms with Crippen LogP contribution in [0.25, 0.3) is 0 Å². The van der Waals surface area contributed by atoms with Gasteiger partial charge in [-0.3, -0.25) is 4.79 Å². The lowest BCUT2D eigenvalue weighted by Gasteiger charge is -2.32. The van der Waals surface area contributed by atoms with Crippen molar-refractivity contribution in [1.82, 2.24) is 10.3 Å². The number of halogens is 2. The Morgan fingerprint density at radius 1 is 1.41 bits per heavy atom. The second-order valence-corrected chi connectivity index (χ2v) is 7.37.